The van der Waals surface area contributed by atoms with Crippen LogP contribution in [0.3, 0.4) is 0 Å². The molecule has 1 aromatic heterocycles. The van der Waals surface area contributed by atoms with Gasteiger partial charge in [-0.2, -0.15) is 15.0 Å². The lowest BCUT2D eigenvalue weighted by Crippen LogP contribution is -2.33. The summed E-state index contributed by atoms with van der Waals surface area (Å²) in [6, 6.07) is 0.334. The number of aromatic nitrogens is 3. The topological polar surface area (TPSA) is 71.2 Å². The molecule has 0 saturated carbocycles. The second-order valence-corrected chi connectivity index (χ2v) is 5.05. The molecule has 6 heteroatoms. The molecule has 1 aromatic rings. The van der Waals surface area contributed by atoms with Crippen molar-refractivity contribution in [2.45, 2.75) is 39.2 Å². The Kier molecular flexibility index (Phi) is 3.84. The fraction of sp³-hybridized carbons (Fsp3) is 0.750. The van der Waals surface area contributed by atoms with Gasteiger partial charge in [0.15, 0.2) is 0 Å². The Morgan fingerprint density at radius 3 is 2.39 bits per heavy atom. The van der Waals surface area contributed by atoms with E-state index in [9.17, 15) is 0 Å². The van der Waals surface area contributed by atoms with Crippen LogP contribution in [0.4, 0.5) is 17.8 Å². The lowest BCUT2D eigenvalue weighted by molar-refractivity contribution is 0.567. The van der Waals surface area contributed by atoms with E-state index in [1.165, 1.54) is 19.3 Å². The zero-order chi connectivity index (χ0) is 13.1. The molecular formula is C12H22N6. The SMILES string of the molecule is CC(C)N(C)c1nc(N)nc(N2CCCCC2)n1. The van der Waals surface area contributed by atoms with Crippen LogP contribution in [0.25, 0.3) is 0 Å². The van der Waals surface area contributed by atoms with Gasteiger partial charge in [0.25, 0.3) is 0 Å². The molecule has 2 N–H and O–H groups in total. The second-order valence-electron chi connectivity index (χ2n) is 5.05. The highest BCUT2D eigenvalue weighted by molar-refractivity contribution is 5.43. The van der Waals surface area contributed by atoms with Crippen LogP contribution in [0.2, 0.25) is 0 Å². The molecule has 0 amide bonds. The number of nitrogen functional groups attached to an aromatic ring is 1. The summed E-state index contributed by atoms with van der Waals surface area (Å²) in [7, 11) is 1.97. The molecule has 0 aliphatic carbocycles. The van der Waals surface area contributed by atoms with Crippen molar-refractivity contribution in [1.29, 1.82) is 0 Å². The molecule has 0 aromatic carbocycles. The third-order valence-electron chi connectivity index (χ3n) is 3.36. The summed E-state index contributed by atoms with van der Waals surface area (Å²) in [5.74, 6) is 1.66. The molecule has 2 rings (SSSR count). The molecule has 1 fully saturated rings. The van der Waals surface area contributed by atoms with Crippen molar-refractivity contribution in [2.75, 3.05) is 35.7 Å². The molecule has 2 heterocycles. The maximum atomic E-state index is 5.79. The first kappa shape index (κ1) is 12.9. The molecule has 0 unspecified atom stereocenters. The molecule has 0 bridgehead atoms. The Balaban J connectivity index is 2.25. The van der Waals surface area contributed by atoms with Gasteiger partial charge in [0, 0.05) is 26.2 Å². The molecule has 100 valence electrons. The van der Waals surface area contributed by atoms with E-state index in [4.69, 9.17) is 5.73 Å². The molecule has 6 nitrogen and oxygen atoms in total. The quantitative estimate of drug-likeness (QED) is 0.871. The van der Waals surface area contributed by atoms with Crippen molar-refractivity contribution in [2.24, 2.45) is 0 Å². The number of hydrogen-bond donors (Lipinski definition) is 1. The van der Waals surface area contributed by atoms with Crippen molar-refractivity contribution in [3.8, 4) is 0 Å². The van der Waals surface area contributed by atoms with Gasteiger partial charge < -0.3 is 15.5 Å². The summed E-state index contributed by atoms with van der Waals surface area (Å²) in [6.45, 7) is 6.21. The van der Waals surface area contributed by atoms with E-state index in [0.29, 0.717) is 23.9 Å². The van der Waals surface area contributed by atoms with Crippen LogP contribution in [0.5, 0.6) is 0 Å². The van der Waals surface area contributed by atoms with Crippen molar-refractivity contribution in [1.82, 2.24) is 15.0 Å². The molecule has 1 aliphatic rings. The average molecular weight is 250 g/mol. The van der Waals surface area contributed by atoms with Crippen LogP contribution >= 0.6 is 0 Å². The Bertz CT molecular complexity index is 400. The molecule has 0 spiro atoms. The Morgan fingerprint density at radius 2 is 1.78 bits per heavy atom. The van der Waals surface area contributed by atoms with Crippen LogP contribution in [-0.2, 0) is 0 Å². The largest absolute Gasteiger partial charge is 0.368 e. The fourth-order valence-electron chi connectivity index (χ4n) is 1.99. The van der Waals surface area contributed by atoms with E-state index >= 15 is 0 Å². The lowest BCUT2D eigenvalue weighted by atomic mass is 10.1. The van der Waals surface area contributed by atoms with Gasteiger partial charge in [0.2, 0.25) is 17.8 Å². The number of rotatable bonds is 3. The van der Waals surface area contributed by atoms with Gasteiger partial charge in [-0.05, 0) is 33.1 Å². The van der Waals surface area contributed by atoms with E-state index in [2.05, 4.69) is 33.7 Å². The first-order chi connectivity index (χ1) is 8.58. The number of nitrogens with two attached hydrogens (primary N) is 1. The summed E-state index contributed by atoms with van der Waals surface area (Å²) in [4.78, 5) is 17.2. The van der Waals surface area contributed by atoms with Crippen molar-refractivity contribution in [3.05, 3.63) is 0 Å². The predicted molar refractivity (Wildman–Crippen MR) is 73.8 cm³/mol. The summed E-state index contributed by atoms with van der Waals surface area (Å²) in [5.41, 5.74) is 5.79. The van der Waals surface area contributed by atoms with Crippen molar-refractivity contribution >= 4 is 17.8 Å². The van der Waals surface area contributed by atoms with E-state index in [1.807, 2.05) is 11.9 Å². The highest BCUT2D eigenvalue weighted by Gasteiger charge is 2.17. The van der Waals surface area contributed by atoms with Gasteiger partial charge in [-0.25, -0.2) is 0 Å². The fourth-order valence-corrected chi connectivity index (χ4v) is 1.99. The van der Waals surface area contributed by atoms with Gasteiger partial charge in [-0.1, -0.05) is 0 Å². The van der Waals surface area contributed by atoms with E-state index in [1.54, 1.807) is 0 Å². The Labute approximate surface area is 108 Å². The van der Waals surface area contributed by atoms with E-state index in [-0.39, 0.29) is 0 Å². The van der Waals surface area contributed by atoms with Crippen LogP contribution < -0.4 is 15.5 Å². The number of hydrogen-bond acceptors (Lipinski definition) is 6. The minimum absolute atomic E-state index is 0.299. The highest BCUT2D eigenvalue weighted by atomic mass is 15.3. The molecule has 0 radical (unpaired) electrons. The third kappa shape index (κ3) is 2.80. The molecule has 1 aliphatic heterocycles. The maximum Gasteiger partial charge on any atom is 0.231 e. The summed E-state index contributed by atoms with van der Waals surface area (Å²) < 4.78 is 0. The molecular weight excluding hydrogens is 228 g/mol. The van der Waals surface area contributed by atoms with E-state index < -0.39 is 0 Å². The monoisotopic (exact) mass is 250 g/mol. The normalized spacial score (nSPS) is 16.1. The van der Waals surface area contributed by atoms with Crippen molar-refractivity contribution in [3.63, 3.8) is 0 Å². The Morgan fingerprint density at radius 1 is 1.11 bits per heavy atom. The predicted octanol–water partition coefficient (Wildman–Crippen LogP) is 1.29. The number of anilines is 3. The Hall–Kier alpha value is -1.59. The minimum Gasteiger partial charge on any atom is -0.368 e. The van der Waals surface area contributed by atoms with Gasteiger partial charge in [-0.3, -0.25) is 0 Å². The number of nitrogens with zero attached hydrogens (tertiary/aromatic N) is 5. The highest BCUT2D eigenvalue weighted by Crippen LogP contribution is 2.19. The van der Waals surface area contributed by atoms with Crippen LogP contribution in [0, 0.1) is 0 Å². The zero-order valence-corrected chi connectivity index (χ0v) is 11.4. The van der Waals surface area contributed by atoms with E-state index in [0.717, 1.165) is 13.1 Å². The van der Waals surface area contributed by atoms with Gasteiger partial charge in [0.05, 0.1) is 0 Å². The van der Waals surface area contributed by atoms with Crippen LogP contribution in [0.15, 0.2) is 0 Å². The molecule has 1 saturated heterocycles. The standard InChI is InChI=1S/C12H22N6/c1-9(2)17(3)11-14-10(13)15-12(16-11)18-7-5-4-6-8-18/h9H,4-8H2,1-3H3,(H2,13,14,15,16). The molecule has 0 atom stereocenters. The smallest absolute Gasteiger partial charge is 0.231 e. The van der Waals surface area contributed by atoms with Crippen molar-refractivity contribution < 1.29 is 0 Å². The second kappa shape index (κ2) is 5.37. The van der Waals surface area contributed by atoms with Gasteiger partial charge in [-0.15, -0.1) is 0 Å². The minimum atomic E-state index is 0.299. The first-order valence-electron chi connectivity index (χ1n) is 6.57. The summed E-state index contributed by atoms with van der Waals surface area (Å²) in [6.07, 6.45) is 3.68. The first-order valence-corrected chi connectivity index (χ1v) is 6.57. The van der Waals surface area contributed by atoms with Crippen LogP contribution in [0.1, 0.15) is 33.1 Å². The zero-order valence-electron chi connectivity index (χ0n) is 11.4. The average Bonchev–Trinajstić information content (AvgIpc) is 2.38. The number of piperidine rings is 1. The maximum absolute atomic E-state index is 5.79. The lowest BCUT2D eigenvalue weighted by Gasteiger charge is -2.28. The molecule has 18 heavy (non-hydrogen) atoms. The van der Waals surface area contributed by atoms with Gasteiger partial charge >= 0.3 is 0 Å². The van der Waals surface area contributed by atoms with Crippen LogP contribution in [-0.4, -0.2) is 41.1 Å². The summed E-state index contributed by atoms with van der Waals surface area (Å²) in [5, 5.41) is 0. The third-order valence-corrected chi connectivity index (χ3v) is 3.36. The van der Waals surface area contributed by atoms with Gasteiger partial charge in [0.1, 0.15) is 0 Å². The summed E-state index contributed by atoms with van der Waals surface area (Å²) >= 11 is 0.